The Bertz CT molecular complexity index is 395. The molecule has 0 radical (unpaired) electrons. The van der Waals surface area contributed by atoms with Gasteiger partial charge in [-0.3, -0.25) is 4.90 Å². The third-order valence-electron chi connectivity index (χ3n) is 4.39. The summed E-state index contributed by atoms with van der Waals surface area (Å²) in [5.74, 6) is -0.145. The lowest BCUT2D eigenvalue weighted by Gasteiger charge is -2.40. The van der Waals surface area contributed by atoms with Crippen molar-refractivity contribution in [3.05, 3.63) is 35.6 Å². The summed E-state index contributed by atoms with van der Waals surface area (Å²) in [7, 11) is 0. The number of hydrogen-bond acceptors (Lipinski definition) is 2. The molecule has 3 heteroatoms. The minimum Gasteiger partial charge on any atom is -0.316 e. The molecule has 0 amide bonds. The Hall–Kier alpha value is -0.930. The van der Waals surface area contributed by atoms with Gasteiger partial charge in [-0.1, -0.05) is 12.1 Å². The van der Waals surface area contributed by atoms with E-state index in [1.165, 1.54) is 51.0 Å². The fraction of sp³-hybridized carbons (Fsp3) is 0.600. The minimum absolute atomic E-state index is 0.145. The zero-order valence-electron chi connectivity index (χ0n) is 10.8. The minimum atomic E-state index is -0.145. The van der Waals surface area contributed by atoms with Gasteiger partial charge in [0.2, 0.25) is 0 Å². The Morgan fingerprint density at radius 1 is 1.22 bits per heavy atom. The van der Waals surface area contributed by atoms with Crippen LogP contribution in [0.25, 0.3) is 0 Å². The summed E-state index contributed by atoms with van der Waals surface area (Å²) in [6.07, 6.45) is 3.97. The van der Waals surface area contributed by atoms with Crippen LogP contribution in [-0.4, -0.2) is 31.1 Å². The molecule has 98 valence electrons. The van der Waals surface area contributed by atoms with E-state index in [4.69, 9.17) is 0 Å². The number of hydrogen-bond donors (Lipinski definition) is 1. The van der Waals surface area contributed by atoms with Crippen LogP contribution in [0.15, 0.2) is 24.3 Å². The molecule has 1 spiro atoms. The maximum atomic E-state index is 12.9. The molecule has 2 nitrogen and oxygen atoms in total. The smallest absolute Gasteiger partial charge is 0.123 e. The molecule has 3 rings (SSSR count). The average molecular weight is 248 g/mol. The number of rotatable bonds is 2. The number of piperidine rings is 1. The molecule has 0 saturated carbocycles. The van der Waals surface area contributed by atoms with Gasteiger partial charge in [0.1, 0.15) is 5.82 Å². The first-order valence-corrected chi connectivity index (χ1v) is 6.93. The van der Waals surface area contributed by atoms with E-state index in [1.54, 1.807) is 12.1 Å². The van der Waals surface area contributed by atoms with Gasteiger partial charge in [0.15, 0.2) is 0 Å². The van der Waals surface area contributed by atoms with Crippen LogP contribution in [0.1, 0.15) is 24.8 Å². The van der Waals surface area contributed by atoms with E-state index < -0.39 is 0 Å². The fourth-order valence-corrected chi connectivity index (χ4v) is 3.44. The quantitative estimate of drug-likeness (QED) is 0.864. The van der Waals surface area contributed by atoms with Crippen LogP contribution in [0.2, 0.25) is 0 Å². The van der Waals surface area contributed by atoms with Crippen molar-refractivity contribution in [3.63, 3.8) is 0 Å². The second-order valence-electron chi connectivity index (χ2n) is 5.87. The van der Waals surface area contributed by atoms with Crippen LogP contribution >= 0.6 is 0 Å². The molecule has 0 bridgehead atoms. The third-order valence-corrected chi connectivity index (χ3v) is 4.39. The van der Waals surface area contributed by atoms with E-state index in [2.05, 4.69) is 10.2 Å². The molecule has 0 aromatic heterocycles. The Kier molecular flexibility index (Phi) is 3.35. The maximum absolute atomic E-state index is 12.9. The summed E-state index contributed by atoms with van der Waals surface area (Å²) in [5, 5.41) is 3.50. The monoisotopic (exact) mass is 248 g/mol. The first-order valence-electron chi connectivity index (χ1n) is 6.93. The standard InChI is InChI=1S/C15H21FN2/c16-14-4-2-13(3-5-14)10-18-9-1-6-15(12-18)7-8-17-11-15/h2-5,17H,1,6-12H2/t15-/m1/s1. The van der Waals surface area contributed by atoms with Gasteiger partial charge in [-0.25, -0.2) is 4.39 Å². The highest BCUT2D eigenvalue weighted by Gasteiger charge is 2.37. The van der Waals surface area contributed by atoms with Gasteiger partial charge in [0, 0.05) is 19.6 Å². The summed E-state index contributed by atoms with van der Waals surface area (Å²) in [5.41, 5.74) is 1.73. The van der Waals surface area contributed by atoms with Crippen molar-refractivity contribution in [2.24, 2.45) is 5.41 Å². The number of nitrogens with one attached hydrogen (secondary N) is 1. The van der Waals surface area contributed by atoms with Crippen molar-refractivity contribution < 1.29 is 4.39 Å². The van der Waals surface area contributed by atoms with Gasteiger partial charge in [-0.2, -0.15) is 0 Å². The molecule has 1 N–H and O–H groups in total. The Morgan fingerprint density at radius 3 is 2.78 bits per heavy atom. The molecule has 2 aliphatic heterocycles. The van der Waals surface area contributed by atoms with E-state index in [9.17, 15) is 4.39 Å². The van der Waals surface area contributed by atoms with E-state index in [0.29, 0.717) is 5.41 Å². The van der Waals surface area contributed by atoms with Crippen LogP contribution in [0.3, 0.4) is 0 Å². The van der Waals surface area contributed by atoms with E-state index >= 15 is 0 Å². The molecule has 2 heterocycles. The largest absolute Gasteiger partial charge is 0.316 e. The van der Waals surface area contributed by atoms with E-state index in [-0.39, 0.29) is 5.82 Å². The van der Waals surface area contributed by atoms with Crippen molar-refractivity contribution >= 4 is 0 Å². The van der Waals surface area contributed by atoms with Crippen LogP contribution in [0, 0.1) is 11.2 Å². The van der Waals surface area contributed by atoms with Crippen molar-refractivity contribution in [2.45, 2.75) is 25.8 Å². The number of nitrogens with zero attached hydrogens (tertiary/aromatic N) is 1. The zero-order valence-corrected chi connectivity index (χ0v) is 10.8. The van der Waals surface area contributed by atoms with Gasteiger partial charge in [-0.15, -0.1) is 0 Å². The second-order valence-corrected chi connectivity index (χ2v) is 5.87. The zero-order chi connectivity index (χ0) is 12.4. The predicted octanol–water partition coefficient (Wildman–Crippen LogP) is 2.40. The van der Waals surface area contributed by atoms with Crippen LogP contribution in [0.4, 0.5) is 4.39 Å². The third kappa shape index (κ3) is 2.57. The van der Waals surface area contributed by atoms with E-state index in [1.807, 2.05) is 12.1 Å². The van der Waals surface area contributed by atoms with Crippen LogP contribution < -0.4 is 5.32 Å². The Labute approximate surface area is 108 Å². The van der Waals surface area contributed by atoms with Crippen molar-refractivity contribution in [1.82, 2.24) is 10.2 Å². The van der Waals surface area contributed by atoms with Gasteiger partial charge in [-0.05, 0) is 55.5 Å². The number of likely N-dealkylation sites (tertiary alicyclic amines) is 1. The summed E-state index contributed by atoms with van der Waals surface area (Å²) >= 11 is 0. The highest BCUT2D eigenvalue weighted by molar-refractivity contribution is 5.16. The summed E-state index contributed by atoms with van der Waals surface area (Å²) in [4.78, 5) is 2.53. The lowest BCUT2D eigenvalue weighted by Crippen LogP contribution is -2.43. The Balaban J connectivity index is 1.64. The summed E-state index contributed by atoms with van der Waals surface area (Å²) in [6, 6.07) is 6.94. The van der Waals surface area contributed by atoms with Crippen molar-refractivity contribution in [1.29, 1.82) is 0 Å². The Morgan fingerprint density at radius 2 is 2.06 bits per heavy atom. The van der Waals surface area contributed by atoms with Crippen molar-refractivity contribution in [3.8, 4) is 0 Å². The van der Waals surface area contributed by atoms with Crippen LogP contribution in [0.5, 0.6) is 0 Å². The molecule has 1 aromatic rings. The lowest BCUT2D eigenvalue weighted by molar-refractivity contribution is 0.0978. The first kappa shape index (κ1) is 12.1. The topological polar surface area (TPSA) is 15.3 Å². The fourth-order valence-electron chi connectivity index (χ4n) is 3.44. The first-order chi connectivity index (χ1) is 8.76. The molecule has 1 atom stereocenters. The summed E-state index contributed by atoms with van der Waals surface area (Å²) < 4.78 is 12.9. The highest BCUT2D eigenvalue weighted by Crippen LogP contribution is 2.35. The molecule has 2 fully saturated rings. The normalized spacial score (nSPS) is 28.9. The SMILES string of the molecule is Fc1ccc(CN2CCC[C@]3(CCNC3)C2)cc1. The molecule has 2 saturated heterocycles. The molecule has 0 unspecified atom stereocenters. The molecule has 1 aromatic carbocycles. The lowest BCUT2D eigenvalue weighted by atomic mass is 9.79. The predicted molar refractivity (Wildman–Crippen MR) is 70.8 cm³/mol. The second kappa shape index (κ2) is 4.98. The number of halogens is 1. The highest BCUT2D eigenvalue weighted by atomic mass is 19.1. The molecule has 2 aliphatic rings. The molecule has 0 aliphatic carbocycles. The molecule has 18 heavy (non-hydrogen) atoms. The molecular formula is C15H21FN2. The summed E-state index contributed by atoms with van der Waals surface area (Å²) in [6.45, 7) is 5.68. The van der Waals surface area contributed by atoms with Gasteiger partial charge < -0.3 is 5.32 Å². The van der Waals surface area contributed by atoms with Gasteiger partial charge >= 0.3 is 0 Å². The van der Waals surface area contributed by atoms with E-state index in [0.717, 1.165) is 6.54 Å². The van der Waals surface area contributed by atoms with Crippen LogP contribution in [-0.2, 0) is 6.54 Å². The van der Waals surface area contributed by atoms with Gasteiger partial charge in [0.25, 0.3) is 0 Å². The average Bonchev–Trinajstić information content (AvgIpc) is 2.80. The maximum Gasteiger partial charge on any atom is 0.123 e. The van der Waals surface area contributed by atoms with Crippen molar-refractivity contribution in [2.75, 3.05) is 26.2 Å². The number of benzene rings is 1. The molecular weight excluding hydrogens is 227 g/mol. The van der Waals surface area contributed by atoms with Gasteiger partial charge in [0.05, 0.1) is 0 Å².